The molecular weight excluding hydrogens is 565 g/mol. The van der Waals surface area contributed by atoms with Crippen molar-refractivity contribution in [3.63, 3.8) is 0 Å². The Balaban J connectivity index is 1.59. The minimum atomic E-state index is -4.72. The summed E-state index contributed by atoms with van der Waals surface area (Å²) in [4.78, 5) is 68.4. The van der Waals surface area contributed by atoms with Gasteiger partial charge in [-0.05, 0) is 32.4 Å². The number of amides is 3. The molecule has 3 heterocycles. The van der Waals surface area contributed by atoms with E-state index in [9.17, 15) is 28.7 Å². The summed E-state index contributed by atoms with van der Waals surface area (Å²) in [6, 6.07) is 10.8. The van der Waals surface area contributed by atoms with Crippen molar-refractivity contribution >= 4 is 31.2 Å². The number of aromatic nitrogens is 1. The van der Waals surface area contributed by atoms with Crippen LogP contribution in [0.2, 0.25) is 0 Å². The molecule has 1 aromatic carbocycles. The first-order chi connectivity index (χ1) is 20.0. The summed E-state index contributed by atoms with van der Waals surface area (Å²) in [5.74, 6) is -1.38. The topological polar surface area (TPSA) is 162 Å². The van der Waals surface area contributed by atoms with E-state index in [1.807, 2.05) is 36.4 Å². The summed E-state index contributed by atoms with van der Waals surface area (Å²) in [5.41, 5.74) is 2.08. The number of methoxy groups -OCH3 is 1. The van der Waals surface area contributed by atoms with Crippen molar-refractivity contribution in [2.75, 3.05) is 57.5 Å². The summed E-state index contributed by atoms with van der Waals surface area (Å²) in [5, 5.41) is 2.54. The molecule has 0 aliphatic carbocycles. The van der Waals surface area contributed by atoms with Crippen LogP contribution in [0, 0.1) is 0 Å². The van der Waals surface area contributed by atoms with Gasteiger partial charge < -0.3 is 39.3 Å². The Morgan fingerprint density at radius 2 is 1.86 bits per heavy atom. The van der Waals surface area contributed by atoms with E-state index in [-0.39, 0.29) is 38.0 Å². The number of nitrogens with zero attached hydrogens (tertiary/aromatic N) is 4. The quantitative estimate of drug-likeness (QED) is 0.361. The lowest BCUT2D eigenvalue weighted by Gasteiger charge is -2.40. The first kappa shape index (κ1) is 31.4. The maximum absolute atomic E-state index is 13.6. The third kappa shape index (κ3) is 7.86. The lowest BCUT2D eigenvalue weighted by molar-refractivity contribution is -0.137. The minimum absolute atomic E-state index is 0.0101. The molecule has 0 spiro atoms. The zero-order valence-corrected chi connectivity index (χ0v) is 24.9. The fourth-order valence-corrected chi connectivity index (χ4v) is 5.97. The van der Waals surface area contributed by atoms with Gasteiger partial charge in [-0.1, -0.05) is 30.3 Å². The molecule has 42 heavy (non-hydrogen) atoms. The molecule has 2 fully saturated rings. The normalized spacial score (nSPS) is 19.9. The largest absolute Gasteiger partial charge is 0.450 e. The number of hydrogen-bond acceptors (Lipinski definition) is 8. The van der Waals surface area contributed by atoms with Crippen LogP contribution in [0.5, 0.6) is 0 Å². The zero-order valence-electron chi connectivity index (χ0n) is 24.0. The predicted octanol–water partition coefficient (Wildman–Crippen LogP) is 1.94. The smallest absolute Gasteiger partial charge is 0.409 e. The van der Waals surface area contributed by atoms with Crippen LogP contribution in [-0.4, -0.2) is 113 Å². The van der Waals surface area contributed by atoms with E-state index < -0.39 is 43.7 Å². The van der Waals surface area contributed by atoms with Crippen molar-refractivity contribution in [2.24, 2.45) is 0 Å². The van der Waals surface area contributed by atoms with Crippen LogP contribution in [0.3, 0.4) is 0 Å². The van der Waals surface area contributed by atoms with Gasteiger partial charge in [0.25, 0.3) is 5.91 Å². The second-order valence-electron chi connectivity index (χ2n) is 10.5. The van der Waals surface area contributed by atoms with E-state index in [0.717, 1.165) is 17.7 Å². The van der Waals surface area contributed by atoms with Crippen LogP contribution in [0.25, 0.3) is 11.3 Å². The Morgan fingerprint density at radius 3 is 2.48 bits per heavy atom. The van der Waals surface area contributed by atoms with Crippen LogP contribution in [-0.2, 0) is 18.8 Å². The summed E-state index contributed by atoms with van der Waals surface area (Å²) in [7, 11) is -3.06. The maximum Gasteiger partial charge on any atom is 0.409 e. The lowest BCUT2D eigenvalue weighted by Crippen LogP contribution is -2.60. The number of piperazine rings is 1. The number of carbonyl (C=O) groups is 3. The van der Waals surface area contributed by atoms with Gasteiger partial charge in [0.15, 0.2) is 0 Å². The minimum Gasteiger partial charge on any atom is -0.450 e. The molecule has 2 aromatic rings. The Bertz CT molecular complexity index is 1320. The molecule has 0 radical (unpaired) electrons. The molecule has 3 N–H and O–H groups in total. The number of pyridine rings is 1. The molecule has 3 atom stereocenters. The lowest BCUT2D eigenvalue weighted by atomic mass is 10.1. The first-order valence-electron chi connectivity index (χ1n) is 13.9. The average molecular weight is 604 g/mol. The number of carbonyl (C=O) groups excluding carboxylic acids is 3. The van der Waals surface area contributed by atoms with Crippen LogP contribution in [0.1, 0.15) is 30.8 Å². The molecule has 2 aliphatic rings. The summed E-state index contributed by atoms with van der Waals surface area (Å²) >= 11 is 0. The predicted molar refractivity (Wildman–Crippen MR) is 155 cm³/mol. The Hall–Kier alpha value is -3.51. The molecule has 0 saturated carbocycles. The van der Waals surface area contributed by atoms with Crippen LogP contribution < -0.4 is 10.2 Å². The van der Waals surface area contributed by atoms with Gasteiger partial charge >= 0.3 is 13.7 Å². The van der Waals surface area contributed by atoms with Crippen molar-refractivity contribution in [1.82, 2.24) is 20.1 Å². The highest BCUT2D eigenvalue weighted by Crippen LogP contribution is 2.36. The molecular formula is C28H38N5O8P. The molecule has 14 heteroatoms. The molecule has 1 aromatic heterocycles. The monoisotopic (exact) mass is 603 g/mol. The van der Waals surface area contributed by atoms with E-state index in [2.05, 4.69) is 15.2 Å². The molecule has 2 unspecified atom stereocenters. The second kappa shape index (κ2) is 13.6. The molecule has 3 amide bonds. The third-order valence-electron chi connectivity index (χ3n) is 7.42. The highest BCUT2D eigenvalue weighted by Gasteiger charge is 2.37. The molecule has 0 bridgehead atoms. The van der Waals surface area contributed by atoms with Crippen molar-refractivity contribution in [3.8, 4) is 11.3 Å². The third-order valence-corrected chi connectivity index (χ3v) is 8.26. The Morgan fingerprint density at radius 1 is 1.12 bits per heavy atom. The number of anilines is 1. The van der Waals surface area contributed by atoms with E-state index in [4.69, 9.17) is 9.47 Å². The van der Waals surface area contributed by atoms with E-state index in [1.54, 1.807) is 27.0 Å². The first-order valence-corrected chi connectivity index (χ1v) is 15.7. The fraction of sp³-hybridized carbons (Fsp3) is 0.500. The summed E-state index contributed by atoms with van der Waals surface area (Å²) < 4.78 is 22.6. The second-order valence-corrected chi connectivity index (χ2v) is 12.1. The number of ether oxygens (including phenoxy) is 2. The highest BCUT2D eigenvalue weighted by atomic mass is 31.2. The molecule has 13 nitrogen and oxygen atoms in total. The zero-order chi connectivity index (χ0) is 30.4. The van der Waals surface area contributed by atoms with Crippen molar-refractivity contribution in [2.45, 2.75) is 38.5 Å². The van der Waals surface area contributed by atoms with Gasteiger partial charge in [-0.25, -0.2) is 9.78 Å². The van der Waals surface area contributed by atoms with Gasteiger partial charge in [-0.2, -0.15) is 0 Å². The van der Waals surface area contributed by atoms with Gasteiger partial charge in [0, 0.05) is 57.1 Å². The average Bonchev–Trinajstić information content (AvgIpc) is 3.46. The SMILES string of the molecule is CCOC(=O)N1CCN(C(=O)[C@H](CP(=O)(O)O)NC(=O)c2cc(N3CCC(OC)C3)cc(-c3ccccc3)n2)C(C)C1. The Labute approximate surface area is 244 Å². The molecule has 4 rings (SSSR count). The molecule has 2 aliphatic heterocycles. The highest BCUT2D eigenvalue weighted by molar-refractivity contribution is 7.51. The van der Waals surface area contributed by atoms with Gasteiger partial charge in [-0.15, -0.1) is 0 Å². The van der Waals surface area contributed by atoms with Gasteiger partial charge in [-0.3, -0.25) is 14.2 Å². The maximum atomic E-state index is 13.6. The summed E-state index contributed by atoms with van der Waals surface area (Å²) in [6.07, 6.45) is -0.504. The van der Waals surface area contributed by atoms with Gasteiger partial charge in [0.05, 0.1) is 24.6 Å². The van der Waals surface area contributed by atoms with Crippen LogP contribution in [0.15, 0.2) is 42.5 Å². The standard InChI is InChI=1S/C28H38N5O8P/c1-4-41-28(36)32-12-13-33(19(2)16-32)27(35)25(18-42(37,38)39)30-26(34)24-15-21(31-11-10-22(17-31)40-3)14-23(29-24)20-8-6-5-7-9-20/h5-9,14-15,19,22,25H,4,10-13,16-18H2,1-3H3,(H,30,34)(H2,37,38,39)/t19?,22?,25-/m0/s1. The number of rotatable bonds is 9. The van der Waals surface area contributed by atoms with Crippen LogP contribution in [0.4, 0.5) is 10.5 Å². The fourth-order valence-electron chi connectivity index (χ4n) is 5.25. The van der Waals surface area contributed by atoms with Crippen molar-refractivity contribution in [3.05, 3.63) is 48.2 Å². The van der Waals surface area contributed by atoms with E-state index in [1.165, 1.54) is 9.80 Å². The van der Waals surface area contributed by atoms with Crippen molar-refractivity contribution in [1.29, 1.82) is 0 Å². The number of nitrogens with one attached hydrogen (secondary N) is 1. The van der Waals surface area contributed by atoms with E-state index in [0.29, 0.717) is 18.8 Å². The van der Waals surface area contributed by atoms with E-state index >= 15 is 0 Å². The van der Waals surface area contributed by atoms with Crippen LogP contribution >= 0.6 is 7.60 Å². The van der Waals surface area contributed by atoms with Gasteiger partial charge in [0.2, 0.25) is 5.91 Å². The summed E-state index contributed by atoms with van der Waals surface area (Å²) in [6.45, 7) is 5.48. The van der Waals surface area contributed by atoms with Gasteiger partial charge in [0.1, 0.15) is 11.7 Å². The Kier molecular flexibility index (Phi) is 10.2. The molecule has 228 valence electrons. The number of hydrogen-bond donors (Lipinski definition) is 3. The van der Waals surface area contributed by atoms with Crippen molar-refractivity contribution < 1.29 is 38.2 Å². The number of benzene rings is 1. The molecule has 2 saturated heterocycles.